The van der Waals surface area contributed by atoms with Gasteiger partial charge in [-0.05, 0) is 43.2 Å². The van der Waals surface area contributed by atoms with Gasteiger partial charge in [0.2, 0.25) is 15.9 Å². The Morgan fingerprint density at radius 3 is 2.26 bits per heavy atom. The summed E-state index contributed by atoms with van der Waals surface area (Å²) in [7, 11) is -1.09. The molecule has 0 atom stereocenters. The summed E-state index contributed by atoms with van der Waals surface area (Å²) in [5.41, 5.74) is 0.449. The molecule has 8 nitrogen and oxygen atoms in total. The molecular weight excluding hydrogens is 473 g/mol. The Morgan fingerprint density at radius 1 is 1.00 bits per heavy atom. The van der Waals surface area contributed by atoms with Crippen molar-refractivity contribution in [3.63, 3.8) is 0 Å². The number of imidazole rings is 1. The van der Waals surface area contributed by atoms with Crippen molar-refractivity contribution in [1.82, 2.24) is 13.4 Å². The number of amides is 1. The monoisotopic (exact) mass is 496 g/mol. The lowest BCUT2D eigenvalue weighted by Gasteiger charge is -2.31. The molecular formula is C22H23F3N4O4S. The summed E-state index contributed by atoms with van der Waals surface area (Å²) in [4.78, 5) is 24.1. The molecule has 182 valence electrons. The zero-order chi connectivity index (χ0) is 24.8. The van der Waals surface area contributed by atoms with Crippen molar-refractivity contribution < 1.29 is 26.4 Å². The van der Waals surface area contributed by atoms with Crippen LogP contribution in [0.1, 0.15) is 18.4 Å². The Kier molecular flexibility index (Phi) is 6.06. The average Bonchev–Trinajstić information content (AvgIpc) is 3.02. The van der Waals surface area contributed by atoms with Crippen LogP contribution >= 0.6 is 0 Å². The number of aromatic nitrogens is 2. The van der Waals surface area contributed by atoms with Gasteiger partial charge in [0.1, 0.15) is 0 Å². The predicted molar refractivity (Wildman–Crippen MR) is 120 cm³/mol. The normalized spacial score (nSPS) is 16.1. The lowest BCUT2D eigenvalue weighted by atomic mass is 9.97. The summed E-state index contributed by atoms with van der Waals surface area (Å²) in [6.07, 6.45) is -4.46. The highest BCUT2D eigenvalue weighted by Gasteiger charge is 2.40. The van der Waals surface area contributed by atoms with E-state index in [0.717, 1.165) is 22.5 Å². The van der Waals surface area contributed by atoms with Gasteiger partial charge in [-0.25, -0.2) is 13.2 Å². The van der Waals surface area contributed by atoms with E-state index in [0.29, 0.717) is 16.7 Å². The van der Waals surface area contributed by atoms with Crippen LogP contribution in [-0.2, 0) is 35.1 Å². The molecule has 4 rings (SSSR count). The number of carbonyl (C=O) groups excluding carboxylic acids is 1. The van der Waals surface area contributed by atoms with Crippen LogP contribution < -0.4 is 11.0 Å². The summed E-state index contributed by atoms with van der Waals surface area (Å²) in [5, 5.41) is 2.79. The smallest absolute Gasteiger partial charge is 0.326 e. The molecule has 1 amide bonds. The van der Waals surface area contributed by atoms with Gasteiger partial charge in [0, 0.05) is 38.8 Å². The molecule has 0 aliphatic carbocycles. The maximum Gasteiger partial charge on any atom is 0.417 e. The number of halogens is 3. The van der Waals surface area contributed by atoms with Gasteiger partial charge in [0.25, 0.3) is 0 Å². The van der Waals surface area contributed by atoms with Gasteiger partial charge in [-0.15, -0.1) is 0 Å². The van der Waals surface area contributed by atoms with E-state index in [4.69, 9.17) is 0 Å². The Balaban J connectivity index is 1.46. The molecule has 1 N–H and O–H groups in total. The number of anilines is 1. The first-order valence-corrected chi connectivity index (χ1v) is 12.0. The fourth-order valence-electron chi connectivity index (χ4n) is 4.25. The van der Waals surface area contributed by atoms with Crippen LogP contribution in [0.4, 0.5) is 18.9 Å². The fourth-order valence-corrected chi connectivity index (χ4v) is 5.93. The third-order valence-corrected chi connectivity index (χ3v) is 8.13. The molecule has 0 saturated carbocycles. The minimum atomic E-state index is -4.80. The van der Waals surface area contributed by atoms with Crippen LogP contribution in [0.3, 0.4) is 0 Å². The van der Waals surface area contributed by atoms with E-state index in [1.165, 1.54) is 15.2 Å². The van der Waals surface area contributed by atoms with E-state index in [-0.39, 0.29) is 37.5 Å². The Morgan fingerprint density at radius 2 is 1.62 bits per heavy atom. The molecule has 1 aliphatic heterocycles. The summed E-state index contributed by atoms with van der Waals surface area (Å²) in [6.45, 7) is -0.141. The number of hydrogen-bond donors (Lipinski definition) is 1. The van der Waals surface area contributed by atoms with Crippen molar-refractivity contribution in [2.45, 2.75) is 23.9 Å². The molecule has 0 unspecified atom stereocenters. The van der Waals surface area contributed by atoms with Crippen molar-refractivity contribution >= 4 is 32.7 Å². The third kappa shape index (κ3) is 4.23. The largest absolute Gasteiger partial charge is 0.417 e. The SMILES string of the molecule is Cn1c(=O)n(C)c2cc(NC(=O)C3CCN(S(=O)(=O)c4ccccc4C(F)(F)F)CC3)ccc21. The van der Waals surface area contributed by atoms with Gasteiger partial charge in [-0.1, -0.05) is 12.1 Å². The topological polar surface area (TPSA) is 93.4 Å². The van der Waals surface area contributed by atoms with E-state index in [1.54, 1.807) is 32.3 Å². The van der Waals surface area contributed by atoms with Gasteiger partial charge in [0.15, 0.2) is 0 Å². The van der Waals surface area contributed by atoms with E-state index in [9.17, 15) is 31.2 Å². The summed E-state index contributed by atoms with van der Waals surface area (Å²) < 4.78 is 69.7. The Labute approximate surface area is 193 Å². The first-order chi connectivity index (χ1) is 15.9. The number of rotatable bonds is 4. The van der Waals surface area contributed by atoms with Gasteiger partial charge in [-0.2, -0.15) is 17.5 Å². The van der Waals surface area contributed by atoms with Crippen molar-refractivity contribution in [2.24, 2.45) is 20.0 Å². The van der Waals surface area contributed by atoms with Crippen LogP contribution in [0.15, 0.2) is 52.2 Å². The maximum atomic E-state index is 13.3. The van der Waals surface area contributed by atoms with Gasteiger partial charge < -0.3 is 5.32 Å². The molecule has 34 heavy (non-hydrogen) atoms. The highest BCUT2D eigenvalue weighted by molar-refractivity contribution is 7.89. The van der Waals surface area contributed by atoms with Crippen LogP contribution in [0, 0.1) is 5.92 Å². The molecule has 12 heteroatoms. The molecule has 2 heterocycles. The summed E-state index contributed by atoms with van der Waals surface area (Å²) in [5.74, 6) is -0.812. The average molecular weight is 497 g/mol. The minimum absolute atomic E-state index is 0.0706. The van der Waals surface area contributed by atoms with E-state index < -0.39 is 32.6 Å². The number of benzene rings is 2. The standard InChI is InChI=1S/C22H23F3N4O4S/c1-27-17-8-7-15(13-18(17)28(2)21(27)31)26-20(30)14-9-11-29(12-10-14)34(32,33)19-6-4-3-5-16(19)22(23,24)25/h3-8,13-14H,9-12H2,1-2H3,(H,26,30). The number of aryl methyl sites for hydroxylation is 2. The molecule has 0 spiro atoms. The zero-order valence-electron chi connectivity index (χ0n) is 18.5. The molecule has 1 fully saturated rings. The number of carbonyl (C=O) groups is 1. The van der Waals surface area contributed by atoms with Crippen molar-refractivity contribution in [1.29, 1.82) is 0 Å². The Bertz CT molecular complexity index is 1420. The van der Waals surface area contributed by atoms with E-state index in [1.807, 2.05) is 0 Å². The number of hydrogen-bond acceptors (Lipinski definition) is 4. The highest BCUT2D eigenvalue weighted by Crippen LogP contribution is 2.36. The zero-order valence-corrected chi connectivity index (χ0v) is 19.3. The van der Waals surface area contributed by atoms with Crippen LogP contribution in [0.2, 0.25) is 0 Å². The quantitative estimate of drug-likeness (QED) is 0.601. The second kappa shape index (κ2) is 8.58. The van der Waals surface area contributed by atoms with Crippen LogP contribution in [-0.4, -0.2) is 40.9 Å². The molecule has 0 radical (unpaired) electrons. The predicted octanol–water partition coefficient (Wildman–Crippen LogP) is 2.94. The second-order valence-corrected chi connectivity index (χ2v) is 10.2. The van der Waals surface area contributed by atoms with Crippen LogP contribution in [0.25, 0.3) is 11.0 Å². The number of piperidine rings is 1. The molecule has 2 aromatic carbocycles. The van der Waals surface area contributed by atoms with Crippen molar-refractivity contribution in [2.75, 3.05) is 18.4 Å². The lowest BCUT2D eigenvalue weighted by Crippen LogP contribution is -2.41. The number of sulfonamides is 1. The lowest BCUT2D eigenvalue weighted by molar-refractivity contribution is -0.139. The second-order valence-electron chi connectivity index (χ2n) is 8.27. The van der Waals surface area contributed by atoms with Crippen molar-refractivity contribution in [3.05, 3.63) is 58.5 Å². The molecule has 0 bridgehead atoms. The summed E-state index contributed by atoms with van der Waals surface area (Å²) >= 11 is 0. The number of nitrogens with zero attached hydrogens (tertiary/aromatic N) is 3. The van der Waals surface area contributed by atoms with Gasteiger partial charge in [0.05, 0.1) is 21.5 Å². The Hall–Kier alpha value is -3.12. The first-order valence-electron chi connectivity index (χ1n) is 10.5. The van der Waals surface area contributed by atoms with Gasteiger partial charge in [-0.3, -0.25) is 13.9 Å². The maximum absolute atomic E-state index is 13.3. The molecule has 1 aromatic heterocycles. The highest BCUT2D eigenvalue weighted by atomic mass is 32.2. The first kappa shape index (κ1) is 24.0. The minimum Gasteiger partial charge on any atom is -0.326 e. The van der Waals surface area contributed by atoms with E-state index >= 15 is 0 Å². The van der Waals surface area contributed by atoms with Crippen molar-refractivity contribution in [3.8, 4) is 0 Å². The number of nitrogens with one attached hydrogen (secondary N) is 1. The molecule has 3 aromatic rings. The van der Waals surface area contributed by atoms with Gasteiger partial charge >= 0.3 is 11.9 Å². The molecule has 1 saturated heterocycles. The third-order valence-electron chi connectivity index (χ3n) is 6.17. The molecule has 1 aliphatic rings. The van der Waals surface area contributed by atoms with Crippen LogP contribution in [0.5, 0.6) is 0 Å². The fraction of sp³-hybridized carbons (Fsp3) is 0.364. The summed E-state index contributed by atoms with van der Waals surface area (Å²) in [6, 6.07) is 9.16. The number of alkyl halides is 3. The van der Waals surface area contributed by atoms with E-state index in [2.05, 4.69) is 5.32 Å². The number of fused-ring (bicyclic) bond motifs is 1.